The van der Waals surface area contributed by atoms with Crippen LogP contribution in [0.3, 0.4) is 0 Å². The van der Waals surface area contributed by atoms with Crippen LogP contribution in [0.2, 0.25) is 0 Å². The number of hydrogen-bond donors (Lipinski definition) is 1. The highest BCUT2D eigenvalue weighted by Crippen LogP contribution is 2.62. The monoisotopic (exact) mass is 301 g/mol. The van der Waals surface area contributed by atoms with E-state index in [1.54, 1.807) is 22.7 Å². The first-order valence-electron chi connectivity index (χ1n) is 6.82. The number of hydrogen-bond acceptors (Lipinski definition) is 4. The second kappa shape index (κ2) is 3.51. The molecule has 4 aliphatic rings. The van der Waals surface area contributed by atoms with Crippen molar-refractivity contribution in [2.45, 2.75) is 22.0 Å². The molecule has 2 bridgehead atoms. The zero-order valence-electron chi connectivity index (χ0n) is 10.8. The van der Waals surface area contributed by atoms with Gasteiger partial charge in [-0.05, 0) is 12.1 Å². The topological polar surface area (TPSA) is 66.8 Å². The van der Waals surface area contributed by atoms with E-state index in [1.807, 2.05) is 30.3 Å². The summed E-state index contributed by atoms with van der Waals surface area (Å²) in [7, 11) is 0. The normalized spacial score (nSPS) is 41.3. The Bertz CT molecular complexity index is 732. The standard InChI is InChI=1S/C15H11NO4S/c17-12-11-10(13(18)19)8-5-6-15(11,20-8)14-16(12)7-3-1-2-4-9(7)21-14/h1-6,8,10-11,14H,(H,18,19)/t8-,10-,11+,14+,15+/m1/s1. The number of amides is 1. The second-order valence-electron chi connectivity index (χ2n) is 5.78. The lowest BCUT2D eigenvalue weighted by Crippen LogP contribution is -2.41. The highest BCUT2D eigenvalue weighted by Gasteiger charge is 2.73. The third-order valence-corrected chi connectivity index (χ3v) is 6.26. The number of rotatable bonds is 1. The number of benzene rings is 1. The number of carbonyl (C=O) groups excluding carboxylic acids is 1. The van der Waals surface area contributed by atoms with Crippen molar-refractivity contribution in [2.24, 2.45) is 11.8 Å². The maximum atomic E-state index is 12.9. The summed E-state index contributed by atoms with van der Waals surface area (Å²) in [5.41, 5.74) is 0.0694. The molecule has 21 heavy (non-hydrogen) atoms. The molecule has 0 unspecified atom stereocenters. The molecule has 1 amide bonds. The number of fused-ring (bicyclic) bond motifs is 4. The number of aliphatic carboxylic acids is 1. The van der Waals surface area contributed by atoms with Gasteiger partial charge >= 0.3 is 5.97 Å². The Morgan fingerprint density at radius 3 is 3.00 bits per heavy atom. The molecule has 106 valence electrons. The van der Waals surface area contributed by atoms with Crippen LogP contribution in [-0.2, 0) is 14.3 Å². The molecule has 2 fully saturated rings. The Morgan fingerprint density at radius 1 is 1.38 bits per heavy atom. The average molecular weight is 301 g/mol. The number of para-hydroxylation sites is 1. The van der Waals surface area contributed by atoms with Gasteiger partial charge in [0.1, 0.15) is 16.9 Å². The van der Waals surface area contributed by atoms with Gasteiger partial charge in [0.2, 0.25) is 5.91 Å². The van der Waals surface area contributed by atoms with Crippen LogP contribution in [0.15, 0.2) is 41.3 Å². The van der Waals surface area contributed by atoms with E-state index in [-0.39, 0.29) is 11.3 Å². The van der Waals surface area contributed by atoms with E-state index in [9.17, 15) is 14.7 Å². The molecule has 4 aliphatic heterocycles. The molecule has 1 aromatic rings. The van der Waals surface area contributed by atoms with Crippen LogP contribution < -0.4 is 4.90 Å². The minimum atomic E-state index is -0.955. The first kappa shape index (κ1) is 11.8. The van der Waals surface area contributed by atoms with Crippen molar-refractivity contribution in [1.82, 2.24) is 0 Å². The van der Waals surface area contributed by atoms with Gasteiger partial charge in [0.15, 0.2) is 0 Å². The summed E-state index contributed by atoms with van der Waals surface area (Å²) >= 11 is 1.59. The fourth-order valence-electron chi connectivity index (χ4n) is 4.06. The lowest BCUT2D eigenvalue weighted by molar-refractivity contribution is -0.146. The summed E-state index contributed by atoms with van der Waals surface area (Å²) in [4.78, 5) is 27.2. The minimum Gasteiger partial charge on any atom is -0.481 e. The van der Waals surface area contributed by atoms with E-state index in [0.717, 1.165) is 10.6 Å². The predicted octanol–water partition coefficient (Wildman–Crippen LogP) is 1.49. The van der Waals surface area contributed by atoms with Gasteiger partial charge < -0.3 is 9.84 Å². The Balaban J connectivity index is 1.69. The van der Waals surface area contributed by atoms with Crippen LogP contribution in [0.4, 0.5) is 5.69 Å². The first-order chi connectivity index (χ1) is 10.1. The maximum absolute atomic E-state index is 12.9. The zero-order chi connectivity index (χ0) is 14.4. The summed E-state index contributed by atoms with van der Waals surface area (Å²) in [6.45, 7) is 0. The highest BCUT2D eigenvalue weighted by molar-refractivity contribution is 8.00. The van der Waals surface area contributed by atoms with Crippen molar-refractivity contribution in [1.29, 1.82) is 0 Å². The maximum Gasteiger partial charge on any atom is 0.310 e. The van der Waals surface area contributed by atoms with Gasteiger partial charge in [-0.2, -0.15) is 0 Å². The fourth-order valence-corrected chi connectivity index (χ4v) is 5.53. The van der Waals surface area contributed by atoms with E-state index in [1.165, 1.54) is 0 Å². The molecule has 4 heterocycles. The zero-order valence-corrected chi connectivity index (χ0v) is 11.6. The van der Waals surface area contributed by atoms with E-state index in [4.69, 9.17) is 4.74 Å². The molecule has 5 rings (SSSR count). The highest BCUT2D eigenvalue weighted by atomic mass is 32.2. The molecule has 1 N–H and O–H groups in total. The summed E-state index contributed by atoms with van der Waals surface area (Å²) in [6.07, 6.45) is 3.22. The van der Waals surface area contributed by atoms with Crippen LogP contribution in [0.1, 0.15) is 0 Å². The van der Waals surface area contributed by atoms with E-state index < -0.39 is 29.5 Å². The molecule has 5 nitrogen and oxygen atoms in total. The van der Waals surface area contributed by atoms with Crippen molar-refractivity contribution in [2.75, 3.05) is 4.90 Å². The molecule has 2 saturated heterocycles. The Morgan fingerprint density at radius 2 is 2.19 bits per heavy atom. The molecule has 0 saturated carbocycles. The largest absolute Gasteiger partial charge is 0.481 e. The van der Waals surface area contributed by atoms with Gasteiger partial charge in [-0.3, -0.25) is 14.5 Å². The van der Waals surface area contributed by atoms with Crippen molar-refractivity contribution in [3.05, 3.63) is 36.4 Å². The van der Waals surface area contributed by atoms with Crippen LogP contribution in [0.25, 0.3) is 0 Å². The minimum absolute atomic E-state index is 0.128. The molecule has 1 spiro atoms. The van der Waals surface area contributed by atoms with Gasteiger partial charge in [-0.25, -0.2) is 0 Å². The summed E-state index contributed by atoms with van der Waals surface area (Å²) in [5.74, 6) is -2.47. The Kier molecular flexibility index (Phi) is 1.98. The van der Waals surface area contributed by atoms with Gasteiger partial charge in [0.05, 0.1) is 17.7 Å². The SMILES string of the molecule is O=C(O)[C@H]1[C@H]2C(=O)N3c4ccccc4S[C@H]3[C@]23C=C[C@H]1O3. The molecule has 6 heteroatoms. The Hall–Kier alpha value is -1.79. The van der Waals surface area contributed by atoms with Crippen LogP contribution in [-0.4, -0.2) is 34.1 Å². The fraction of sp³-hybridized carbons (Fsp3) is 0.333. The van der Waals surface area contributed by atoms with Crippen molar-refractivity contribution in [3.63, 3.8) is 0 Å². The molecular weight excluding hydrogens is 290 g/mol. The summed E-state index contributed by atoms with van der Waals surface area (Å²) < 4.78 is 6.00. The molecular formula is C15H11NO4S. The van der Waals surface area contributed by atoms with Crippen LogP contribution in [0.5, 0.6) is 0 Å². The molecule has 1 aromatic carbocycles. The number of anilines is 1. The van der Waals surface area contributed by atoms with Gasteiger partial charge in [0, 0.05) is 4.90 Å². The lowest BCUT2D eigenvalue weighted by Gasteiger charge is -2.27. The number of ether oxygens (including phenoxy) is 1. The number of carbonyl (C=O) groups is 2. The number of thioether (sulfide) groups is 1. The van der Waals surface area contributed by atoms with E-state index in [2.05, 4.69) is 0 Å². The number of carboxylic acid groups (broad SMARTS) is 1. The van der Waals surface area contributed by atoms with Crippen molar-refractivity contribution >= 4 is 29.3 Å². The van der Waals surface area contributed by atoms with Crippen molar-refractivity contribution < 1.29 is 19.4 Å². The van der Waals surface area contributed by atoms with Crippen molar-refractivity contribution in [3.8, 4) is 0 Å². The number of carboxylic acids is 1. The molecule has 0 radical (unpaired) electrons. The Labute approximate surface area is 124 Å². The van der Waals surface area contributed by atoms with Crippen LogP contribution >= 0.6 is 11.8 Å². The van der Waals surface area contributed by atoms with E-state index in [0.29, 0.717) is 0 Å². The molecule has 0 aromatic heterocycles. The van der Waals surface area contributed by atoms with Gasteiger partial charge in [-0.15, -0.1) is 0 Å². The second-order valence-corrected chi connectivity index (χ2v) is 6.91. The number of nitrogens with zero attached hydrogens (tertiary/aromatic N) is 1. The molecule has 5 atom stereocenters. The smallest absolute Gasteiger partial charge is 0.310 e. The summed E-state index contributed by atoms with van der Waals surface area (Å²) in [5, 5.41) is 9.27. The summed E-state index contributed by atoms with van der Waals surface area (Å²) in [6, 6.07) is 7.72. The lowest BCUT2D eigenvalue weighted by atomic mass is 9.77. The van der Waals surface area contributed by atoms with Crippen LogP contribution in [0, 0.1) is 11.8 Å². The predicted molar refractivity (Wildman–Crippen MR) is 74.9 cm³/mol. The third kappa shape index (κ3) is 1.16. The van der Waals surface area contributed by atoms with E-state index >= 15 is 0 Å². The van der Waals surface area contributed by atoms with Gasteiger partial charge in [-0.1, -0.05) is 36.0 Å². The third-order valence-electron chi connectivity index (χ3n) is 4.86. The molecule has 0 aliphatic carbocycles. The first-order valence-corrected chi connectivity index (χ1v) is 7.70. The quantitative estimate of drug-likeness (QED) is 0.796. The average Bonchev–Trinajstić information content (AvgIpc) is 3.18. The van der Waals surface area contributed by atoms with Gasteiger partial charge in [0.25, 0.3) is 0 Å².